The summed E-state index contributed by atoms with van der Waals surface area (Å²) >= 11 is 1.70. The first-order chi connectivity index (χ1) is 13.7. The minimum Gasteiger partial charge on any atom is -0.505 e. The SMILES string of the molecule is CCCCC(=O)N(Cc1cc2ccccc2s1)c1ccc2ccccc2c1O. The number of anilines is 1. The molecule has 0 saturated carbocycles. The van der Waals surface area contributed by atoms with Crippen molar-refractivity contribution in [1.29, 1.82) is 0 Å². The Morgan fingerprint density at radius 2 is 1.75 bits per heavy atom. The van der Waals surface area contributed by atoms with Gasteiger partial charge in [-0.3, -0.25) is 4.79 Å². The van der Waals surface area contributed by atoms with Gasteiger partial charge in [-0.25, -0.2) is 0 Å². The lowest BCUT2D eigenvalue weighted by Gasteiger charge is -2.24. The van der Waals surface area contributed by atoms with E-state index in [9.17, 15) is 9.90 Å². The van der Waals surface area contributed by atoms with E-state index >= 15 is 0 Å². The summed E-state index contributed by atoms with van der Waals surface area (Å²) in [6.45, 7) is 2.55. The molecule has 3 nitrogen and oxygen atoms in total. The van der Waals surface area contributed by atoms with E-state index in [4.69, 9.17) is 0 Å². The fourth-order valence-corrected chi connectivity index (χ4v) is 4.56. The summed E-state index contributed by atoms with van der Waals surface area (Å²) < 4.78 is 1.21. The summed E-state index contributed by atoms with van der Waals surface area (Å²) in [6, 6.07) is 21.9. The third-order valence-corrected chi connectivity index (χ3v) is 6.11. The highest BCUT2D eigenvalue weighted by atomic mass is 32.1. The van der Waals surface area contributed by atoms with Crippen LogP contribution in [-0.2, 0) is 11.3 Å². The number of fused-ring (bicyclic) bond motifs is 2. The van der Waals surface area contributed by atoms with Gasteiger partial charge in [-0.2, -0.15) is 0 Å². The quantitative estimate of drug-likeness (QED) is 0.410. The summed E-state index contributed by atoms with van der Waals surface area (Å²) in [7, 11) is 0. The molecule has 0 saturated heterocycles. The van der Waals surface area contributed by atoms with E-state index in [1.807, 2.05) is 48.5 Å². The van der Waals surface area contributed by atoms with Crippen LogP contribution in [0.25, 0.3) is 20.9 Å². The third kappa shape index (κ3) is 3.60. The Labute approximate surface area is 168 Å². The molecule has 1 N–H and O–H groups in total. The minimum absolute atomic E-state index is 0.0462. The molecule has 4 aromatic rings. The van der Waals surface area contributed by atoms with Gasteiger partial charge in [-0.15, -0.1) is 11.3 Å². The molecule has 0 aliphatic heterocycles. The summed E-state index contributed by atoms with van der Waals surface area (Å²) in [5.41, 5.74) is 0.581. The smallest absolute Gasteiger partial charge is 0.227 e. The summed E-state index contributed by atoms with van der Waals surface area (Å²) in [5, 5.41) is 13.8. The maximum absolute atomic E-state index is 13.0. The fourth-order valence-electron chi connectivity index (χ4n) is 3.50. The van der Waals surface area contributed by atoms with Crippen molar-refractivity contribution in [2.75, 3.05) is 4.90 Å². The molecule has 0 atom stereocenters. The molecule has 1 heterocycles. The van der Waals surface area contributed by atoms with Crippen molar-refractivity contribution < 1.29 is 9.90 Å². The van der Waals surface area contributed by atoms with Gasteiger partial charge in [0.1, 0.15) is 5.75 Å². The number of aromatic hydroxyl groups is 1. The lowest BCUT2D eigenvalue weighted by molar-refractivity contribution is -0.118. The second kappa shape index (κ2) is 8.03. The monoisotopic (exact) mass is 389 g/mol. The minimum atomic E-state index is 0.0462. The number of amides is 1. The molecular weight excluding hydrogens is 366 g/mol. The third-order valence-electron chi connectivity index (χ3n) is 5.01. The van der Waals surface area contributed by atoms with Gasteiger partial charge in [0.05, 0.1) is 12.2 Å². The first kappa shape index (κ1) is 18.5. The van der Waals surface area contributed by atoms with Gasteiger partial charge in [0.15, 0.2) is 0 Å². The van der Waals surface area contributed by atoms with Crippen molar-refractivity contribution in [3.8, 4) is 5.75 Å². The number of thiophene rings is 1. The van der Waals surface area contributed by atoms with Crippen LogP contribution in [0, 0.1) is 0 Å². The molecule has 0 radical (unpaired) electrons. The molecule has 0 aliphatic carbocycles. The zero-order chi connectivity index (χ0) is 19.5. The zero-order valence-corrected chi connectivity index (χ0v) is 16.7. The van der Waals surface area contributed by atoms with E-state index in [1.165, 1.54) is 10.1 Å². The van der Waals surface area contributed by atoms with Crippen molar-refractivity contribution in [3.63, 3.8) is 0 Å². The lowest BCUT2D eigenvalue weighted by Crippen LogP contribution is -2.29. The first-order valence-electron chi connectivity index (χ1n) is 9.66. The Hall–Kier alpha value is -2.85. The zero-order valence-electron chi connectivity index (χ0n) is 15.9. The van der Waals surface area contributed by atoms with E-state index in [-0.39, 0.29) is 11.7 Å². The molecular formula is C24H23NO2S. The summed E-state index contributed by atoms with van der Waals surface area (Å²) in [4.78, 5) is 15.9. The van der Waals surface area contributed by atoms with Crippen LogP contribution < -0.4 is 4.90 Å². The largest absolute Gasteiger partial charge is 0.505 e. The van der Waals surface area contributed by atoms with Crippen molar-refractivity contribution in [2.45, 2.75) is 32.7 Å². The first-order valence-corrected chi connectivity index (χ1v) is 10.5. The van der Waals surface area contributed by atoms with Crippen molar-refractivity contribution >= 4 is 43.8 Å². The van der Waals surface area contributed by atoms with E-state index in [2.05, 4.69) is 25.1 Å². The highest BCUT2D eigenvalue weighted by Gasteiger charge is 2.21. The van der Waals surface area contributed by atoms with E-state index < -0.39 is 0 Å². The topological polar surface area (TPSA) is 40.5 Å². The van der Waals surface area contributed by atoms with Crippen LogP contribution in [0.3, 0.4) is 0 Å². The Morgan fingerprint density at radius 1 is 1.00 bits per heavy atom. The highest BCUT2D eigenvalue weighted by molar-refractivity contribution is 7.19. The number of rotatable bonds is 6. The maximum Gasteiger partial charge on any atom is 0.227 e. The molecule has 28 heavy (non-hydrogen) atoms. The molecule has 0 bridgehead atoms. The molecule has 4 rings (SSSR count). The number of nitrogens with zero attached hydrogens (tertiary/aromatic N) is 1. The summed E-state index contributed by atoms with van der Waals surface area (Å²) in [6.07, 6.45) is 2.29. The highest BCUT2D eigenvalue weighted by Crippen LogP contribution is 2.37. The molecule has 142 valence electrons. The number of hydrogen-bond donors (Lipinski definition) is 1. The molecule has 4 heteroatoms. The van der Waals surface area contributed by atoms with E-state index in [1.54, 1.807) is 16.2 Å². The van der Waals surface area contributed by atoms with Crippen LogP contribution >= 0.6 is 11.3 Å². The average molecular weight is 390 g/mol. The number of carbonyl (C=O) groups is 1. The summed E-state index contributed by atoms with van der Waals surface area (Å²) in [5.74, 6) is 0.217. The number of phenols is 1. The number of phenolic OH excluding ortho intramolecular Hbond substituents is 1. The standard InChI is InChI=1S/C24H23NO2S/c1-2-3-12-23(26)25(16-19-15-18-9-5-7-11-22(18)28-19)21-14-13-17-8-4-6-10-20(17)24(21)27/h4-11,13-15,27H,2-3,12,16H2,1H3. The average Bonchev–Trinajstić information content (AvgIpc) is 3.14. The Morgan fingerprint density at radius 3 is 2.54 bits per heavy atom. The van der Waals surface area contributed by atoms with Crippen LogP contribution in [-0.4, -0.2) is 11.0 Å². The van der Waals surface area contributed by atoms with Crippen LogP contribution in [0.2, 0.25) is 0 Å². The van der Waals surface area contributed by atoms with Gasteiger partial charge in [0.2, 0.25) is 5.91 Å². The number of unbranched alkanes of at least 4 members (excludes halogenated alkanes) is 1. The van der Waals surface area contributed by atoms with Gasteiger partial charge in [0, 0.05) is 21.4 Å². The molecule has 0 aliphatic rings. The Balaban J connectivity index is 1.75. The predicted molar refractivity (Wildman–Crippen MR) is 118 cm³/mol. The van der Waals surface area contributed by atoms with Gasteiger partial charge in [-0.1, -0.05) is 61.9 Å². The second-order valence-electron chi connectivity index (χ2n) is 6.99. The molecule has 1 amide bonds. The second-order valence-corrected chi connectivity index (χ2v) is 8.16. The maximum atomic E-state index is 13.0. The van der Waals surface area contributed by atoms with Gasteiger partial charge in [0.25, 0.3) is 0 Å². The Bertz CT molecular complexity index is 1100. The lowest BCUT2D eigenvalue weighted by atomic mass is 10.1. The van der Waals surface area contributed by atoms with Crippen LogP contribution in [0.5, 0.6) is 5.75 Å². The molecule has 0 spiro atoms. The van der Waals surface area contributed by atoms with Crippen LogP contribution in [0.4, 0.5) is 5.69 Å². The van der Waals surface area contributed by atoms with Crippen LogP contribution in [0.15, 0.2) is 66.7 Å². The van der Waals surface area contributed by atoms with Gasteiger partial charge >= 0.3 is 0 Å². The van der Waals surface area contributed by atoms with Crippen molar-refractivity contribution in [2.24, 2.45) is 0 Å². The molecule has 0 fully saturated rings. The Kier molecular flexibility index (Phi) is 5.31. The molecule has 1 aromatic heterocycles. The number of hydrogen-bond acceptors (Lipinski definition) is 3. The molecule has 0 unspecified atom stereocenters. The van der Waals surface area contributed by atoms with Gasteiger partial charge < -0.3 is 10.0 Å². The van der Waals surface area contributed by atoms with Crippen molar-refractivity contribution in [3.05, 3.63) is 71.6 Å². The normalized spacial score (nSPS) is 11.2. The van der Waals surface area contributed by atoms with E-state index in [0.29, 0.717) is 18.7 Å². The van der Waals surface area contributed by atoms with Crippen LogP contribution in [0.1, 0.15) is 31.1 Å². The number of benzene rings is 3. The molecule has 3 aromatic carbocycles. The predicted octanol–water partition coefficient (Wildman–Crippen LogP) is 6.48. The fraction of sp³-hybridized carbons (Fsp3) is 0.208. The number of carbonyl (C=O) groups excluding carboxylic acids is 1. The van der Waals surface area contributed by atoms with E-state index in [0.717, 1.165) is 28.5 Å². The van der Waals surface area contributed by atoms with Crippen molar-refractivity contribution in [1.82, 2.24) is 0 Å². The van der Waals surface area contributed by atoms with Gasteiger partial charge in [-0.05, 0) is 35.4 Å².